The summed E-state index contributed by atoms with van der Waals surface area (Å²) in [5, 5.41) is 4.31. The van der Waals surface area contributed by atoms with Gasteiger partial charge in [-0.2, -0.15) is 11.8 Å². The molecule has 0 saturated carbocycles. The highest BCUT2D eigenvalue weighted by atomic mass is 35.5. The van der Waals surface area contributed by atoms with Gasteiger partial charge in [-0.3, -0.25) is 4.99 Å². The molecular formula is C16H21Cl2N5S. The first kappa shape index (κ1) is 19.0. The highest BCUT2D eigenvalue weighted by molar-refractivity contribution is 7.98. The zero-order valence-corrected chi connectivity index (χ0v) is 15.6. The number of nitrogens with two attached hydrogens (primary N) is 1. The summed E-state index contributed by atoms with van der Waals surface area (Å²) in [4.78, 5) is 11.4. The molecule has 0 aliphatic heterocycles. The van der Waals surface area contributed by atoms with Gasteiger partial charge in [0.25, 0.3) is 0 Å². The van der Waals surface area contributed by atoms with E-state index in [-0.39, 0.29) is 0 Å². The van der Waals surface area contributed by atoms with Gasteiger partial charge in [-0.15, -0.1) is 0 Å². The van der Waals surface area contributed by atoms with Gasteiger partial charge in [0.2, 0.25) is 0 Å². The maximum absolute atomic E-state index is 6.00. The van der Waals surface area contributed by atoms with Crippen molar-refractivity contribution < 1.29 is 0 Å². The highest BCUT2D eigenvalue weighted by Gasteiger charge is 2.00. The zero-order valence-electron chi connectivity index (χ0n) is 13.3. The number of aryl methyl sites for hydroxylation is 1. The molecular weight excluding hydrogens is 365 g/mol. The molecule has 8 heteroatoms. The number of nitrogens with one attached hydrogen (secondary N) is 2. The third-order valence-electron chi connectivity index (χ3n) is 3.25. The molecule has 0 saturated heterocycles. The summed E-state index contributed by atoms with van der Waals surface area (Å²) in [6.45, 7) is 1.48. The molecule has 0 fully saturated rings. The molecule has 1 aromatic heterocycles. The van der Waals surface area contributed by atoms with Crippen LogP contribution in [0.2, 0.25) is 10.0 Å². The second kappa shape index (κ2) is 10.5. The predicted octanol–water partition coefficient (Wildman–Crippen LogP) is 3.49. The van der Waals surface area contributed by atoms with E-state index in [1.807, 2.05) is 24.4 Å². The zero-order chi connectivity index (χ0) is 17.2. The van der Waals surface area contributed by atoms with E-state index < -0.39 is 0 Å². The third kappa shape index (κ3) is 7.03. The minimum Gasteiger partial charge on any atom is -0.370 e. The van der Waals surface area contributed by atoms with Crippen LogP contribution in [-0.2, 0) is 12.2 Å². The van der Waals surface area contributed by atoms with Crippen LogP contribution >= 0.6 is 35.0 Å². The molecule has 0 aliphatic carbocycles. The average Bonchev–Trinajstić information content (AvgIpc) is 3.08. The summed E-state index contributed by atoms with van der Waals surface area (Å²) >= 11 is 13.7. The fraction of sp³-hybridized carbons (Fsp3) is 0.375. The Morgan fingerprint density at radius 2 is 2.21 bits per heavy atom. The number of imidazole rings is 1. The molecule has 2 rings (SSSR count). The number of aromatic amines is 1. The molecule has 4 N–H and O–H groups in total. The number of hydrogen-bond donors (Lipinski definition) is 3. The van der Waals surface area contributed by atoms with E-state index in [2.05, 4.69) is 20.3 Å². The van der Waals surface area contributed by atoms with Crippen molar-refractivity contribution in [3.8, 4) is 0 Å². The molecule has 5 nitrogen and oxygen atoms in total. The van der Waals surface area contributed by atoms with Crippen molar-refractivity contribution in [3.05, 3.63) is 52.0 Å². The quantitative estimate of drug-likeness (QED) is 0.350. The Kier molecular flexibility index (Phi) is 8.28. The van der Waals surface area contributed by atoms with Crippen LogP contribution in [0.15, 0.2) is 35.7 Å². The molecule has 0 atom stereocenters. The molecule has 24 heavy (non-hydrogen) atoms. The normalized spacial score (nSPS) is 11.7. The molecule has 0 spiro atoms. The standard InChI is InChI=1S/C16H21Cl2N5S/c17-14-4-3-12(8-15(14)18)10-24-7-6-22-16(19)21-5-1-2-13-9-20-11-23-13/h3-4,8-9,11H,1-2,5-7,10H2,(H,20,23)(H3,19,21,22). The van der Waals surface area contributed by atoms with Crippen molar-refractivity contribution in [1.82, 2.24) is 15.3 Å². The molecule has 1 heterocycles. The first-order valence-corrected chi connectivity index (χ1v) is 9.59. The van der Waals surface area contributed by atoms with Crippen LogP contribution in [-0.4, -0.2) is 34.8 Å². The van der Waals surface area contributed by atoms with Crippen LogP contribution in [0.3, 0.4) is 0 Å². The van der Waals surface area contributed by atoms with Crippen molar-refractivity contribution in [2.75, 3.05) is 18.8 Å². The number of nitrogens with zero attached hydrogens (tertiary/aromatic N) is 2. The molecule has 0 radical (unpaired) electrons. The second-order valence-electron chi connectivity index (χ2n) is 5.18. The monoisotopic (exact) mass is 385 g/mol. The summed E-state index contributed by atoms with van der Waals surface area (Å²) in [5.74, 6) is 2.32. The Labute approximate surface area is 156 Å². The number of rotatable bonds is 9. The smallest absolute Gasteiger partial charge is 0.188 e. The first-order valence-electron chi connectivity index (χ1n) is 7.68. The van der Waals surface area contributed by atoms with E-state index in [4.69, 9.17) is 28.9 Å². The number of aliphatic imine (C=N–C) groups is 1. The van der Waals surface area contributed by atoms with Gasteiger partial charge < -0.3 is 16.0 Å². The highest BCUT2D eigenvalue weighted by Crippen LogP contribution is 2.24. The summed E-state index contributed by atoms with van der Waals surface area (Å²) in [7, 11) is 0. The molecule has 0 unspecified atom stereocenters. The number of aromatic nitrogens is 2. The molecule has 0 amide bonds. The lowest BCUT2D eigenvalue weighted by Crippen LogP contribution is -2.33. The lowest BCUT2D eigenvalue weighted by Gasteiger charge is -2.06. The predicted molar refractivity (Wildman–Crippen MR) is 104 cm³/mol. The largest absolute Gasteiger partial charge is 0.370 e. The van der Waals surface area contributed by atoms with Crippen LogP contribution < -0.4 is 11.1 Å². The maximum atomic E-state index is 6.00. The van der Waals surface area contributed by atoms with Crippen molar-refractivity contribution in [1.29, 1.82) is 0 Å². The van der Waals surface area contributed by atoms with E-state index in [0.717, 1.165) is 42.1 Å². The fourth-order valence-electron chi connectivity index (χ4n) is 2.02. The number of hydrogen-bond acceptors (Lipinski definition) is 3. The van der Waals surface area contributed by atoms with Gasteiger partial charge in [0.05, 0.1) is 16.4 Å². The molecule has 130 valence electrons. The van der Waals surface area contributed by atoms with Crippen LogP contribution in [0.5, 0.6) is 0 Å². The van der Waals surface area contributed by atoms with Crippen molar-refractivity contribution in [2.45, 2.75) is 18.6 Å². The Hall–Kier alpha value is -1.37. The van der Waals surface area contributed by atoms with E-state index in [0.29, 0.717) is 22.5 Å². The van der Waals surface area contributed by atoms with Crippen LogP contribution in [0.25, 0.3) is 0 Å². The van der Waals surface area contributed by atoms with Gasteiger partial charge in [-0.25, -0.2) is 4.98 Å². The lowest BCUT2D eigenvalue weighted by molar-refractivity contribution is 0.806. The topological polar surface area (TPSA) is 79.1 Å². The Morgan fingerprint density at radius 1 is 1.33 bits per heavy atom. The number of halogens is 2. The van der Waals surface area contributed by atoms with E-state index >= 15 is 0 Å². The van der Waals surface area contributed by atoms with Gasteiger partial charge in [-0.1, -0.05) is 29.3 Å². The molecule has 1 aromatic carbocycles. The van der Waals surface area contributed by atoms with Gasteiger partial charge in [0.1, 0.15) is 0 Å². The van der Waals surface area contributed by atoms with E-state index in [1.54, 1.807) is 18.1 Å². The van der Waals surface area contributed by atoms with E-state index in [9.17, 15) is 0 Å². The van der Waals surface area contributed by atoms with E-state index in [1.165, 1.54) is 0 Å². The minimum absolute atomic E-state index is 0.495. The summed E-state index contributed by atoms with van der Waals surface area (Å²) in [6.07, 6.45) is 5.38. The van der Waals surface area contributed by atoms with Gasteiger partial charge >= 0.3 is 0 Å². The Balaban J connectivity index is 1.54. The van der Waals surface area contributed by atoms with Gasteiger partial charge in [0.15, 0.2) is 5.96 Å². The fourth-order valence-corrected chi connectivity index (χ4v) is 3.14. The van der Waals surface area contributed by atoms with Crippen molar-refractivity contribution in [3.63, 3.8) is 0 Å². The van der Waals surface area contributed by atoms with Crippen molar-refractivity contribution in [2.24, 2.45) is 10.7 Å². The maximum Gasteiger partial charge on any atom is 0.188 e. The molecule has 2 aromatic rings. The van der Waals surface area contributed by atoms with Crippen LogP contribution in [0, 0.1) is 0 Å². The first-order chi connectivity index (χ1) is 11.6. The second-order valence-corrected chi connectivity index (χ2v) is 7.09. The number of H-pyrrole nitrogens is 1. The van der Waals surface area contributed by atoms with Crippen LogP contribution in [0.4, 0.5) is 0 Å². The van der Waals surface area contributed by atoms with Gasteiger partial charge in [0, 0.05) is 36.5 Å². The SMILES string of the molecule is NC(=NCCCc1cnc[nH]1)NCCSCc1ccc(Cl)c(Cl)c1. The molecule has 0 bridgehead atoms. The number of guanidine groups is 1. The summed E-state index contributed by atoms with van der Waals surface area (Å²) < 4.78 is 0. The number of thioether (sulfide) groups is 1. The summed E-state index contributed by atoms with van der Waals surface area (Å²) in [5.41, 5.74) is 8.12. The van der Waals surface area contributed by atoms with Crippen molar-refractivity contribution >= 4 is 40.9 Å². The Morgan fingerprint density at radius 3 is 2.96 bits per heavy atom. The minimum atomic E-state index is 0.495. The summed E-state index contributed by atoms with van der Waals surface area (Å²) in [6, 6.07) is 5.72. The third-order valence-corrected chi connectivity index (χ3v) is 5.02. The number of benzene rings is 1. The lowest BCUT2D eigenvalue weighted by atomic mass is 10.2. The Bertz CT molecular complexity index is 646. The van der Waals surface area contributed by atoms with Gasteiger partial charge in [-0.05, 0) is 30.5 Å². The molecule has 0 aliphatic rings. The average molecular weight is 386 g/mol. The van der Waals surface area contributed by atoms with Crippen LogP contribution in [0.1, 0.15) is 17.7 Å².